The van der Waals surface area contributed by atoms with Crippen LogP contribution in [-0.2, 0) is 0 Å². The van der Waals surface area contributed by atoms with Gasteiger partial charge in [-0.2, -0.15) is 0 Å². The Bertz CT molecular complexity index is 145. The van der Waals surface area contributed by atoms with Crippen molar-refractivity contribution in [3.8, 4) is 11.8 Å². The Balaban J connectivity index is 2.58. The standard InChI is InChI=1S/C6H8N/c1-7-5-3-2-4-6-7/h5H,3,6H2,1H3/q+1. The van der Waals surface area contributed by atoms with Gasteiger partial charge >= 0.3 is 0 Å². The maximum Gasteiger partial charge on any atom is 0.203 e. The van der Waals surface area contributed by atoms with E-state index in [1.54, 1.807) is 0 Å². The maximum absolute atomic E-state index is 2.98. The zero-order valence-electron chi connectivity index (χ0n) is 4.44. The molecule has 1 aliphatic heterocycles. The molecule has 0 aromatic rings. The molecule has 0 fully saturated rings. The summed E-state index contributed by atoms with van der Waals surface area (Å²) in [5.74, 6) is 5.95. The number of hydrogen-bond donors (Lipinski definition) is 0. The van der Waals surface area contributed by atoms with E-state index in [0.717, 1.165) is 13.0 Å². The SMILES string of the molecule is C[N+]1=CCC#CC1. The summed E-state index contributed by atoms with van der Waals surface area (Å²) in [6.07, 6.45) is 3.02. The Morgan fingerprint density at radius 1 is 1.57 bits per heavy atom. The van der Waals surface area contributed by atoms with E-state index >= 15 is 0 Å². The van der Waals surface area contributed by atoms with Crippen molar-refractivity contribution in [3.63, 3.8) is 0 Å². The van der Waals surface area contributed by atoms with E-state index in [0.29, 0.717) is 0 Å². The predicted octanol–water partition coefficient (Wildman–Crippen LogP) is 0.107. The van der Waals surface area contributed by atoms with Crippen LogP contribution in [0, 0.1) is 11.8 Å². The van der Waals surface area contributed by atoms with Crippen LogP contribution in [0.3, 0.4) is 0 Å². The predicted molar refractivity (Wildman–Crippen MR) is 29.5 cm³/mol. The van der Waals surface area contributed by atoms with Crippen molar-refractivity contribution in [1.82, 2.24) is 0 Å². The second-order valence-corrected chi connectivity index (χ2v) is 1.66. The van der Waals surface area contributed by atoms with Crippen molar-refractivity contribution in [2.75, 3.05) is 13.6 Å². The van der Waals surface area contributed by atoms with Gasteiger partial charge in [0.25, 0.3) is 0 Å². The monoisotopic (exact) mass is 94.1 g/mol. The van der Waals surface area contributed by atoms with Crippen LogP contribution in [0.1, 0.15) is 6.42 Å². The molecule has 0 saturated heterocycles. The third-order valence-electron chi connectivity index (χ3n) is 0.958. The van der Waals surface area contributed by atoms with Gasteiger partial charge in [0.1, 0.15) is 7.05 Å². The number of nitrogens with zero attached hydrogens (tertiary/aromatic N) is 1. The van der Waals surface area contributed by atoms with Crippen LogP contribution in [-0.4, -0.2) is 24.4 Å². The Morgan fingerprint density at radius 2 is 2.43 bits per heavy atom. The molecule has 0 radical (unpaired) electrons. The summed E-state index contributed by atoms with van der Waals surface area (Å²) < 4.78 is 2.09. The molecule has 0 aromatic heterocycles. The lowest BCUT2D eigenvalue weighted by Crippen LogP contribution is -2.09. The minimum atomic E-state index is 0.903. The second kappa shape index (κ2) is 1.79. The molecule has 1 heterocycles. The van der Waals surface area contributed by atoms with Crippen LogP contribution in [0.4, 0.5) is 0 Å². The fourth-order valence-corrected chi connectivity index (χ4v) is 0.519. The number of rotatable bonds is 0. The highest BCUT2D eigenvalue weighted by molar-refractivity contribution is 5.56. The molecule has 0 aromatic carbocycles. The quantitative estimate of drug-likeness (QED) is 0.296. The van der Waals surface area contributed by atoms with Crippen LogP contribution in [0.15, 0.2) is 0 Å². The molecule has 7 heavy (non-hydrogen) atoms. The lowest BCUT2D eigenvalue weighted by molar-refractivity contribution is -0.480. The molecule has 0 unspecified atom stereocenters. The Hall–Kier alpha value is -0.770. The molecule has 1 nitrogen and oxygen atoms in total. The van der Waals surface area contributed by atoms with Gasteiger partial charge in [-0.25, -0.2) is 4.58 Å². The summed E-state index contributed by atoms with van der Waals surface area (Å²) in [4.78, 5) is 0. The van der Waals surface area contributed by atoms with Crippen LogP contribution in [0.25, 0.3) is 0 Å². The lowest BCUT2D eigenvalue weighted by atomic mass is 10.4. The van der Waals surface area contributed by atoms with Gasteiger partial charge in [0, 0.05) is 0 Å². The third kappa shape index (κ3) is 1.04. The molecule has 1 aliphatic rings. The summed E-state index contributed by atoms with van der Waals surface area (Å²) >= 11 is 0. The molecule has 1 heteroatoms. The van der Waals surface area contributed by atoms with Gasteiger partial charge in [-0.15, -0.1) is 0 Å². The molecule has 0 aliphatic carbocycles. The first kappa shape index (κ1) is 4.39. The van der Waals surface area contributed by atoms with Crippen molar-refractivity contribution < 1.29 is 4.58 Å². The molecule has 0 spiro atoms. The average molecular weight is 94.1 g/mol. The highest BCUT2D eigenvalue weighted by atomic mass is 14.9. The van der Waals surface area contributed by atoms with E-state index in [1.165, 1.54) is 0 Å². The summed E-state index contributed by atoms with van der Waals surface area (Å²) in [5.41, 5.74) is 0. The summed E-state index contributed by atoms with van der Waals surface area (Å²) in [6.45, 7) is 0.903. The second-order valence-electron chi connectivity index (χ2n) is 1.66. The minimum absolute atomic E-state index is 0.903. The summed E-state index contributed by atoms with van der Waals surface area (Å²) in [6, 6.07) is 0. The van der Waals surface area contributed by atoms with Crippen molar-refractivity contribution in [1.29, 1.82) is 0 Å². The van der Waals surface area contributed by atoms with E-state index in [1.807, 2.05) is 7.05 Å². The molecule has 36 valence electrons. The fourth-order valence-electron chi connectivity index (χ4n) is 0.519. The van der Waals surface area contributed by atoms with Gasteiger partial charge in [0.15, 0.2) is 6.21 Å². The van der Waals surface area contributed by atoms with Crippen molar-refractivity contribution in [2.45, 2.75) is 6.42 Å². The maximum atomic E-state index is 2.98. The van der Waals surface area contributed by atoms with E-state index < -0.39 is 0 Å². The van der Waals surface area contributed by atoms with Gasteiger partial charge in [-0.05, 0) is 5.92 Å². The summed E-state index contributed by atoms with van der Waals surface area (Å²) in [7, 11) is 2.04. The van der Waals surface area contributed by atoms with Crippen LogP contribution >= 0.6 is 0 Å². The molecular weight excluding hydrogens is 86.1 g/mol. The van der Waals surface area contributed by atoms with E-state index in [-0.39, 0.29) is 0 Å². The van der Waals surface area contributed by atoms with Crippen molar-refractivity contribution in [2.24, 2.45) is 0 Å². The van der Waals surface area contributed by atoms with Gasteiger partial charge in [0.2, 0.25) is 6.54 Å². The molecule has 1 rings (SSSR count). The first-order chi connectivity index (χ1) is 3.39. The molecule has 0 saturated carbocycles. The molecule has 0 bridgehead atoms. The zero-order chi connectivity index (χ0) is 5.11. The smallest absolute Gasteiger partial charge is 0.203 e. The third-order valence-corrected chi connectivity index (χ3v) is 0.958. The first-order valence-electron chi connectivity index (χ1n) is 2.39. The zero-order valence-corrected chi connectivity index (χ0v) is 4.44. The van der Waals surface area contributed by atoms with Crippen LogP contribution in [0.5, 0.6) is 0 Å². The van der Waals surface area contributed by atoms with E-state index in [2.05, 4.69) is 22.6 Å². The van der Waals surface area contributed by atoms with E-state index in [4.69, 9.17) is 0 Å². The highest BCUT2D eigenvalue weighted by Crippen LogP contribution is 1.76. The Morgan fingerprint density at radius 3 is 2.71 bits per heavy atom. The number of hydrogen-bond acceptors (Lipinski definition) is 0. The van der Waals surface area contributed by atoms with Gasteiger partial charge in [-0.1, -0.05) is 5.92 Å². The first-order valence-corrected chi connectivity index (χ1v) is 2.39. The minimum Gasteiger partial charge on any atom is -0.230 e. The molecule has 0 atom stereocenters. The van der Waals surface area contributed by atoms with E-state index in [9.17, 15) is 0 Å². The van der Waals surface area contributed by atoms with Gasteiger partial charge in [0.05, 0.1) is 6.42 Å². The molecule has 0 N–H and O–H groups in total. The Kier molecular flexibility index (Phi) is 1.12. The molecule has 0 amide bonds. The normalized spacial score (nSPS) is 17.0. The van der Waals surface area contributed by atoms with Crippen molar-refractivity contribution in [3.05, 3.63) is 0 Å². The van der Waals surface area contributed by atoms with Crippen LogP contribution < -0.4 is 0 Å². The Labute approximate surface area is 43.7 Å². The van der Waals surface area contributed by atoms with Gasteiger partial charge < -0.3 is 0 Å². The average Bonchev–Trinajstić information content (AvgIpc) is 1.69. The lowest BCUT2D eigenvalue weighted by Gasteiger charge is -1.89. The highest BCUT2D eigenvalue weighted by Gasteiger charge is 1.92. The van der Waals surface area contributed by atoms with Crippen molar-refractivity contribution >= 4 is 6.21 Å². The molecular formula is C6H8N+. The largest absolute Gasteiger partial charge is 0.230 e. The van der Waals surface area contributed by atoms with Crippen LogP contribution in [0.2, 0.25) is 0 Å². The topological polar surface area (TPSA) is 3.01 Å². The fraction of sp³-hybridized carbons (Fsp3) is 0.500. The van der Waals surface area contributed by atoms with Gasteiger partial charge in [-0.3, -0.25) is 0 Å². The summed E-state index contributed by atoms with van der Waals surface area (Å²) in [5, 5.41) is 0.